The fourth-order valence-electron chi connectivity index (χ4n) is 2.82. The number of hydrogen-bond donors (Lipinski definition) is 1. The molecule has 1 N–H and O–H groups in total. The van der Waals surface area contributed by atoms with Crippen LogP contribution in [0, 0.1) is 6.92 Å². The molecule has 1 aliphatic carbocycles. The van der Waals surface area contributed by atoms with E-state index in [0.717, 1.165) is 55.9 Å². The topological polar surface area (TPSA) is 43.4 Å². The van der Waals surface area contributed by atoms with Gasteiger partial charge in [0.1, 0.15) is 11.9 Å². The monoisotopic (exact) mass is 292 g/mol. The number of nitrogens with zero attached hydrogens (tertiary/aromatic N) is 1. The lowest BCUT2D eigenvalue weighted by Gasteiger charge is -2.29. The zero-order valence-corrected chi connectivity index (χ0v) is 13.5. The maximum atomic E-state index is 6.22. The first-order valence-corrected chi connectivity index (χ1v) is 8.09. The minimum atomic E-state index is 0.248. The first-order chi connectivity index (χ1) is 10.2. The Labute approximate surface area is 128 Å². The van der Waals surface area contributed by atoms with Crippen LogP contribution in [0.5, 0.6) is 5.75 Å². The van der Waals surface area contributed by atoms with Crippen molar-refractivity contribution in [1.29, 1.82) is 0 Å². The summed E-state index contributed by atoms with van der Waals surface area (Å²) >= 11 is 0. The molecule has 1 aromatic heterocycles. The standard InChI is InChI=1S/C17H28N2O2/c1-4-10-18-12-16-17(9-8-13(2)19-16)21-15-7-5-6-14(11-15)20-3/h8-9,14-15,18H,4-7,10-12H2,1-3H3. The van der Waals surface area contributed by atoms with E-state index in [4.69, 9.17) is 9.47 Å². The van der Waals surface area contributed by atoms with Crippen LogP contribution in [0.4, 0.5) is 0 Å². The van der Waals surface area contributed by atoms with E-state index in [2.05, 4.69) is 23.3 Å². The summed E-state index contributed by atoms with van der Waals surface area (Å²) in [6.07, 6.45) is 6.11. The van der Waals surface area contributed by atoms with Crippen LogP contribution in [0.15, 0.2) is 12.1 Å². The first-order valence-electron chi connectivity index (χ1n) is 8.09. The van der Waals surface area contributed by atoms with Gasteiger partial charge in [-0.1, -0.05) is 6.92 Å². The lowest BCUT2D eigenvalue weighted by molar-refractivity contribution is 0.0205. The molecule has 2 rings (SSSR count). The molecule has 0 aromatic carbocycles. The Hall–Kier alpha value is -1.13. The van der Waals surface area contributed by atoms with E-state index in [0.29, 0.717) is 6.10 Å². The van der Waals surface area contributed by atoms with E-state index in [-0.39, 0.29) is 6.10 Å². The van der Waals surface area contributed by atoms with Crippen LogP contribution in [0.25, 0.3) is 0 Å². The number of pyridine rings is 1. The van der Waals surface area contributed by atoms with Gasteiger partial charge in [0.25, 0.3) is 0 Å². The number of ether oxygens (including phenoxy) is 2. The number of aryl methyl sites for hydroxylation is 1. The average Bonchev–Trinajstić information content (AvgIpc) is 2.50. The fraction of sp³-hybridized carbons (Fsp3) is 0.706. The van der Waals surface area contributed by atoms with E-state index in [9.17, 15) is 0 Å². The summed E-state index contributed by atoms with van der Waals surface area (Å²) in [6, 6.07) is 4.08. The highest BCUT2D eigenvalue weighted by Crippen LogP contribution is 2.27. The van der Waals surface area contributed by atoms with Crippen molar-refractivity contribution in [3.05, 3.63) is 23.5 Å². The normalized spacial score (nSPS) is 22.2. The van der Waals surface area contributed by atoms with Gasteiger partial charge in [-0.25, -0.2) is 0 Å². The second kappa shape index (κ2) is 8.35. The third-order valence-electron chi connectivity index (χ3n) is 4.00. The number of hydrogen-bond acceptors (Lipinski definition) is 4. The van der Waals surface area contributed by atoms with Crippen LogP contribution in [0.3, 0.4) is 0 Å². The van der Waals surface area contributed by atoms with E-state index in [1.165, 1.54) is 6.42 Å². The predicted octanol–water partition coefficient (Wildman–Crippen LogP) is 3.23. The molecule has 1 heterocycles. The van der Waals surface area contributed by atoms with Gasteiger partial charge in [0.15, 0.2) is 0 Å². The summed E-state index contributed by atoms with van der Waals surface area (Å²) in [4.78, 5) is 4.63. The van der Waals surface area contributed by atoms with Gasteiger partial charge >= 0.3 is 0 Å². The molecule has 0 aliphatic heterocycles. The smallest absolute Gasteiger partial charge is 0.142 e. The number of rotatable bonds is 7. The first kappa shape index (κ1) is 16.2. The molecule has 1 aliphatic rings. The van der Waals surface area contributed by atoms with Crippen molar-refractivity contribution in [3.63, 3.8) is 0 Å². The van der Waals surface area contributed by atoms with Crippen molar-refractivity contribution < 1.29 is 9.47 Å². The zero-order chi connectivity index (χ0) is 15.1. The second-order valence-corrected chi connectivity index (χ2v) is 5.84. The molecular weight excluding hydrogens is 264 g/mol. The van der Waals surface area contributed by atoms with Gasteiger partial charge < -0.3 is 14.8 Å². The molecule has 0 spiro atoms. The van der Waals surface area contributed by atoms with Gasteiger partial charge in [-0.2, -0.15) is 0 Å². The summed E-state index contributed by atoms with van der Waals surface area (Å²) in [6.45, 7) is 5.96. The molecule has 0 radical (unpaired) electrons. The number of aromatic nitrogens is 1. The summed E-state index contributed by atoms with van der Waals surface area (Å²) < 4.78 is 11.7. The Bertz CT molecular complexity index is 437. The third-order valence-corrected chi connectivity index (χ3v) is 4.00. The second-order valence-electron chi connectivity index (χ2n) is 5.84. The molecule has 21 heavy (non-hydrogen) atoms. The Morgan fingerprint density at radius 2 is 2.10 bits per heavy atom. The quantitative estimate of drug-likeness (QED) is 0.784. The molecule has 1 aromatic rings. The van der Waals surface area contributed by atoms with Gasteiger partial charge in [0, 0.05) is 25.8 Å². The van der Waals surface area contributed by atoms with Gasteiger partial charge in [-0.05, 0) is 51.3 Å². The van der Waals surface area contributed by atoms with Crippen LogP contribution in [-0.2, 0) is 11.3 Å². The van der Waals surface area contributed by atoms with Crippen LogP contribution in [0.1, 0.15) is 50.4 Å². The molecule has 4 nitrogen and oxygen atoms in total. The van der Waals surface area contributed by atoms with E-state index < -0.39 is 0 Å². The average molecular weight is 292 g/mol. The maximum Gasteiger partial charge on any atom is 0.142 e. The molecule has 1 fully saturated rings. The number of methoxy groups -OCH3 is 1. The highest BCUT2D eigenvalue weighted by atomic mass is 16.5. The zero-order valence-electron chi connectivity index (χ0n) is 13.5. The van der Waals surface area contributed by atoms with E-state index in [1.54, 1.807) is 7.11 Å². The van der Waals surface area contributed by atoms with Gasteiger partial charge in [-0.3, -0.25) is 4.98 Å². The highest BCUT2D eigenvalue weighted by Gasteiger charge is 2.23. The summed E-state index contributed by atoms with van der Waals surface area (Å²) in [5.74, 6) is 0.922. The lowest BCUT2D eigenvalue weighted by atomic mass is 9.95. The SMILES string of the molecule is CCCNCc1nc(C)ccc1OC1CCCC(OC)C1. The minimum absolute atomic E-state index is 0.248. The summed E-state index contributed by atoms with van der Waals surface area (Å²) in [5, 5.41) is 3.41. The molecule has 118 valence electrons. The van der Waals surface area contributed by atoms with E-state index in [1.807, 2.05) is 13.0 Å². The van der Waals surface area contributed by atoms with Crippen molar-refractivity contribution in [2.24, 2.45) is 0 Å². The van der Waals surface area contributed by atoms with Crippen LogP contribution in [-0.4, -0.2) is 30.8 Å². The third kappa shape index (κ3) is 4.97. The van der Waals surface area contributed by atoms with Gasteiger partial charge in [0.2, 0.25) is 0 Å². The summed E-state index contributed by atoms with van der Waals surface area (Å²) in [5.41, 5.74) is 2.05. The largest absolute Gasteiger partial charge is 0.488 e. The fourth-order valence-corrected chi connectivity index (χ4v) is 2.82. The highest BCUT2D eigenvalue weighted by molar-refractivity contribution is 5.29. The van der Waals surface area contributed by atoms with Gasteiger partial charge in [0.05, 0.1) is 11.8 Å². The predicted molar refractivity (Wildman–Crippen MR) is 84.7 cm³/mol. The number of nitrogens with one attached hydrogen (secondary N) is 1. The maximum absolute atomic E-state index is 6.22. The van der Waals surface area contributed by atoms with Crippen molar-refractivity contribution in [2.45, 2.75) is 64.7 Å². The van der Waals surface area contributed by atoms with Crippen molar-refractivity contribution in [2.75, 3.05) is 13.7 Å². The molecule has 4 heteroatoms. The molecule has 0 bridgehead atoms. The minimum Gasteiger partial charge on any atom is -0.488 e. The lowest BCUT2D eigenvalue weighted by Crippen LogP contribution is -2.30. The Morgan fingerprint density at radius 1 is 1.29 bits per heavy atom. The van der Waals surface area contributed by atoms with Crippen LogP contribution >= 0.6 is 0 Å². The van der Waals surface area contributed by atoms with Crippen molar-refractivity contribution >= 4 is 0 Å². The van der Waals surface area contributed by atoms with Gasteiger partial charge in [-0.15, -0.1) is 0 Å². The summed E-state index contributed by atoms with van der Waals surface area (Å²) in [7, 11) is 1.79. The van der Waals surface area contributed by atoms with E-state index >= 15 is 0 Å². The molecular formula is C17H28N2O2. The van der Waals surface area contributed by atoms with Crippen molar-refractivity contribution in [1.82, 2.24) is 10.3 Å². The Balaban J connectivity index is 2.00. The van der Waals surface area contributed by atoms with Crippen LogP contribution in [0.2, 0.25) is 0 Å². The van der Waals surface area contributed by atoms with Crippen molar-refractivity contribution in [3.8, 4) is 5.75 Å². The molecule has 1 saturated carbocycles. The van der Waals surface area contributed by atoms with Crippen LogP contribution < -0.4 is 10.1 Å². The molecule has 0 amide bonds. The molecule has 2 unspecified atom stereocenters. The molecule has 2 atom stereocenters. The Morgan fingerprint density at radius 3 is 2.86 bits per heavy atom. The molecule has 0 saturated heterocycles. The Kier molecular flexibility index (Phi) is 6.46.